The van der Waals surface area contributed by atoms with Gasteiger partial charge in [-0.05, 0) is 72.8 Å². The van der Waals surface area contributed by atoms with Crippen molar-refractivity contribution >= 4 is 39.3 Å². The van der Waals surface area contributed by atoms with Gasteiger partial charge in [0, 0.05) is 35.9 Å². The van der Waals surface area contributed by atoms with E-state index >= 15 is 0 Å². The van der Waals surface area contributed by atoms with Crippen LogP contribution in [-0.2, 0) is 19.6 Å². The molecule has 40 heavy (non-hydrogen) atoms. The summed E-state index contributed by atoms with van der Waals surface area (Å²) in [5.74, 6) is 1.04. The summed E-state index contributed by atoms with van der Waals surface area (Å²) >= 11 is 1.41. The van der Waals surface area contributed by atoms with Crippen LogP contribution >= 0.6 is 11.8 Å². The molecule has 3 N–H and O–H groups in total. The van der Waals surface area contributed by atoms with Gasteiger partial charge in [-0.3, -0.25) is 9.59 Å². The molecule has 0 saturated carbocycles. The molecule has 1 aromatic heterocycles. The molecule has 0 radical (unpaired) electrons. The third-order valence-corrected chi connectivity index (χ3v) is 8.04. The molecule has 0 fully saturated rings. The number of methoxy groups -OCH3 is 2. The third kappa shape index (κ3) is 7.21. The number of nitrogens with one attached hydrogen (secondary N) is 3. The van der Waals surface area contributed by atoms with Crippen LogP contribution in [0.25, 0.3) is 22.5 Å². The minimum atomic E-state index is -3.94. The molecule has 0 aliphatic carbocycles. The molecule has 0 bridgehead atoms. The highest BCUT2D eigenvalue weighted by atomic mass is 32.2. The highest BCUT2D eigenvalue weighted by Crippen LogP contribution is 2.34. The SMILES string of the molecule is COc1ccc(-c2nc(SCCC(=O)Nc3ccc(S(=O)(=O)NC(C)=O)cc3)[nH]c2-c2ccc(OC)cc2)cc1. The maximum Gasteiger partial charge on any atom is 0.264 e. The summed E-state index contributed by atoms with van der Waals surface area (Å²) in [5, 5.41) is 3.41. The molecule has 0 aliphatic rings. The van der Waals surface area contributed by atoms with Crippen LogP contribution in [0, 0.1) is 0 Å². The van der Waals surface area contributed by atoms with Crippen LogP contribution < -0.4 is 19.5 Å². The van der Waals surface area contributed by atoms with Gasteiger partial charge in [0.25, 0.3) is 10.0 Å². The average Bonchev–Trinajstić information content (AvgIpc) is 3.37. The molecule has 0 atom stereocenters. The van der Waals surface area contributed by atoms with Crippen LogP contribution in [-0.4, -0.2) is 50.2 Å². The van der Waals surface area contributed by atoms with E-state index in [1.807, 2.05) is 53.3 Å². The molecule has 0 aliphatic heterocycles. The van der Waals surface area contributed by atoms with Crippen molar-refractivity contribution in [3.05, 3.63) is 72.8 Å². The normalized spacial score (nSPS) is 11.1. The Morgan fingerprint density at radius 2 is 1.45 bits per heavy atom. The van der Waals surface area contributed by atoms with E-state index in [0.29, 0.717) is 16.6 Å². The van der Waals surface area contributed by atoms with Crippen LogP contribution in [0.15, 0.2) is 82.8 Å². The lowest BCUT2D eigenvalue weighted by atomic mass is 10.0. The summed E-state index contributed by atoms with van der Waals surface area (Å²) < 4.78 is 36.6. The fraction of sp³-hybridized carbons (Fsp3) is 0.179. The lowest BCUT2D eigenvalue weighted by molar-refractivity contribution is -0.117. The largest absolute Gasteiger partial charge is 0.497 e. The molecule has 1 heterocycles. The predicted molar refractivity (Wildman–Crippen MR) is 154 cm³/mol. The number of carbonyl (C=O) groups is 2. The first-order valence-corrected chi connectivity index (χ1v) is 14.6. The molecule has 3 aromatic carbocycles. The van der Waals surface area contributed by atoms with Crippen molar-refractivity contribution in [2.24, 2.45) is 0 Å². The highest BCUT2D eigenvalue weighted by molar-refractivity contribution is 7.99. The number of hydrogen-bond donors (Lipinski definition) is 3. The summed E-state index contributed by atoms with van der Waals surface area (Å²) in [6, 6.07) is 20.9. The Labute approximate surface area is 236 Å². The minimum absolute atomic E-state index is 0.0746. The Balaban J connectivity index is 1.42. The zero-order valence-corrected chi connectivity index (χ0v) is 23.7. The Bertz CT molecular complexity index is 1520. The number of imidazole rings is 1. The topological polar surface area (TPSA) is 139 Å². The first-order chi connectivity index (χ1) is 19.2. The Hall–Kier alpha value is -4.29. The molecule has 4 aromatic rings. The lowest BCUT2D eigenvalue weighted by Crippen LogP contribution is -2.28. The molecule has 208 valence electrons. The van der Waals surface area contributed by atoms with Gasteiger partial charge in [0.05, 0.1) is 30.5 Å². The first-order valence-electron chi connectivity index (χ1n) is 12.1. The molecule has 0 unspecified atom stereocenters. The van der Waals surface area contributed by atoms with E-state index in [1.165, 1.54) is 36.0 Å². The van der Waals surface area contributed by atoms with E-state index in [4.69, 9.17) is 14.5 Å². The number of hydrogen-bond acceptors (Lipinski definition) is 8. The number of aromatic amines is 1. The second-order valence-corrected chi connectivity index (χ2v) is 11.3. The van der Waals surface area contributed by atoms with Crippen molar-refractivity contribution in [1.82, 2.24) is 14.7 Å². The van der Waals surface area contributed by atoms with Gasteiger partial charge in [0.2, 0.25) is 11.8 Å². The van der Waals surface area contributed by atoms with Crippen LogP contribution in [0.5, 0.6) is 11.5 Å². The standard InChI is InChI=1S/C28H28N4O6S2/c1-18(33)32-40(35,36)24-14-8-21(9-15-24)29-25(34)16-17-39-28-30-26(19-4-10-22(37-2)11-5-19)27(31-28)20-6-12-23(38-3)13-7-20/h4-15H,16-17H2,1-3H3,(H,29,34)(H,30,31)(H,32,33). The van der Waals surface area contributed by atoms with Crippen LogP contribution in [0.3, 0.4) is 0 Å². The van der Waals surface area contributed by atoms with Crippen molar-refractivity contribution in [2.45, 2.75) is 23.4 Å². The Morgan fingerprint density at radius 1 is 0.875 bits per heavy atom. The highest BCUT2D eigenvalue weighted by Gasteiger charge is 2.17. The van der Waals surface area contributed by atoms with Crippen molar-refractivity contribution < 1.29 is 27.5 Å². The average molecular weight is 581 g/mol. The number of nitrogens with zero attached hydrogens (tertiary/aromatic N) is 1. The van der Waals surface area contributed by atoms with E-state index in [-0.39, 0.29) is 17.2 Å². The van der Waals surface area contributed by atoms with Crippen molar-refractivity contribution in [3.8, 4) is 34.0 Å². The fourth-order valence-electron chi connectivity index (χ4n) is 3.77. The number of anilines is 1. The number of amides is 2. The van der Waals surface area contributed by atoms with Gasteiger partial charge in [-0.2, -0.15) is 0 Å². The van der Waals surface area contributed by atoms with Crippen molar-refractivity contribution in [2.75, 3.05) is 25.3 Å². The molecule has 2 amide bonds. The molecule has 10 nitrogen and oxygen atoms in total. The van der Waals surface area contributed by atoms with Gasteiger partial charge in [0.1, 0.15) is 11.5 Å². The number of carbonyl (C=O) groups excluding carboxylic acids is 2. The maximum atomic E-state index is 12.5. The number of H-pyrrole nitrogens is 1. The second-order valence-electron chi connectivity index (χ2n) is 8.56. The monoisotopic (exact) mass is 580 g/mol. The smallest absolute Gasteiger partial charge is 0.264 e. The van der Waals surface area contributed by atoms with E-state index in [0.717, 1.165) is 40.9 Å². The van der Waals surface area contributed by atoms with Gasteiger partial charge in [-0.25, -0.2) is 18.1 Å². The van der Waals surface area contributed by atoms with Gasteiger partial charge < -0.3 is 19.8 Å². The molecule has 0 saturated heterocycles. The zero-order chi connectivity index (χ0) is 28.7. The number of sulfonamides is 1. The summed E-state index contributed by atoms with van der Waals surface area (Å²) in [5.41, 5.74) is 3.91. The van der Waals surface area contributed by atoms with Gasteiger partial charge in [-0.15, -0.1) is 0 Å². The molecule has 12 heteroatoms. The van der Waals surface area contributed by atoms with Crippen LogP contribution in [0.1, 0.15) is 13.3 Å². The quantitative estimate of drug-likeness (QED) is 0.217. The van der Waals surface area contributed by atoms with E-state index in [2.05, 4.69) is 10.3 Å². The minimum Gasteiger partial charge on any atom is -0.497 e. The molecule has 0 spiro atoms. The van der Waals surface area contributed by atoms with Crippen LogP contribution in [0.2, 0.25) is 0 Å². The van der Waals surface area contributed by atoms with Gasteiger partial charge >= 0.3 is 0 Å². The fourth-order valence-corrected chi connectivity index (χ4v) is 5.58. The molecular weight excluding hydrogens is 552 g/mol. The molecular formula is C28H28N4O6S2. The van der Waals surface area contributed by atoms with E-state index in [9.17, 15) is 18.0 Å². The number of thioether (sulfide) groups is 1. The van der Waals surface area contributed by atoms with Gasteiger partial charge in [-0.1, -0.05) is 11.8 Å². The third-order valence-electron chi connectivity index (χ3n) is 5.72. The van der Waals surface area contributed by atoms with E-state index < -0.39 is 15.9 Å². The first kappa shape index (κ1) is 28.7. The predicted octanol–water partition coefficient (Wildman–Crippen LogP) is 4.71. The Kier molecular flexibility index (Phi) is 9.12. The van der Waals surface area contributed by atoms with Crippen LogP contribution in [0.4, 0.5) is 5.69 Å². The maximum absolute atomic E-state index is 12.5. The lowest BCUT2D eigenvalue weighted by Gasteiger charge is -2.07. The van der Waals surface area contributed by atoms with Crippen molar-refractivity contribution in [1.29, 1.82) is 0 Å². The van der Waals surface area contributed by atoms with Crippen molar-refractivity contribution in [3.63, 3.8) is 0 Å². The van der Waals surface area contributed by atoms with E-state index in [1.54, 1.807) is 14.2 Å². The Morgan fingerprint density at radius 3 is 2.00 bits per heavy atom. The number of aromatic nitrogens is 2. The summed E-state index contributed by atoms with van der Waals surface area (Å²) in [6.45, 7) is 1.12. The second kappa shape index (κ2) is 12.7. The number of ether oxygens (including phenoxy) is 2. The number of benzene rings is 3. The van der Waals surface area contributed by atoms with Gasteiger partial charge in [0.15, 0.2) is 5.16 Å². The number of rotatable bonds is 11. The summed E-state index contributed by atoms with van der Waals surface area (Å²) in [4.78, 5) is 31.7. The zero-order valence-electron chi connectivity index (χ0n) is 22.1. The summed E-state index contributed by atoms with van der Waals surface area (Å²) in [6.07, 6.45) is 0.201. The summed E-state index contributed by atoms with van der Waals surface area (Å²) in [7, 11) is -0.703. The molecule has 4 rings (SSSR count).